The van der Waals surface area contributed by atoms with E-state index < -0.39 is 0 Å². The van der Waals surface area contributed by atoms with Gasteiger partial charge < -0.3 is 10.3 Å². The number of rotatable bonds is 3. The van der Waals surface area contributed by atoms with Crippen molar-refractivity contribution in [2.45, 2.75) is 13.5 Å². The Balaban J connectivity index is 2.37. The summed E-state index contributed by atoms with van der Waals surface area (Å²) in [6, 6.07) is 5.05. The van der Waals surface area contributed by atoms with Crippen LogP contribution in [-0.2, 0) is 6.54 Å². The molecule has 1 aromatic carbocycles. The first-order valence-corrected chi connectivity index (χ1v) is 5.55. The maximum Gasteiger partial charge on any atom is 0.138 e. The van der Waals surface area contributed by atoms with Gasteiger partial charge in [0.25, 0.3) is 0 Å². The molecule has 17 heavy (non-hydrogen) atoms. The number of benzene rings is 1. The van der Waals surface area contributed by atoms with Crippen molar-refractivity contribution in [2.75, 3.05) is 0 Å². The van der Waals surface area contributed by atoms with Gasteiger partial charge in [0.05, 0.1) is 6.54 Å². The lowest BCUT2D eigenvalue weighted by atomic mass is 10.1. The predicted molar refractivity (Wildman–Crippen MR) is 68.4 cm³/mol. The molecule has 2 aromatic rings. The Morgan fingerprint density at radius 1 is 1.53 bits per heavy atom. The highest BCUT2D eigenvalue weighted by Crippen LogP contribution is 2.15. The molecule has 0 radical (unpaired) electrons. The van der Waals surface area contributed by atoms with Crippen LogP contribution in [0.1, 0.15) is 17.0 Å². The van der Waals surface area contributed by atoms with Gasteiger partial charge in [-0.25, -0.2) is 9.37 Å². The zero-order valence-corrected chi connectivity index (χ0v) is 10.2. The van der Waals surface area contributed by atoms with E-state index in [0.717, 1.165) is 5.82 Å². The lowest BCUT2D eigenvalue weighted by Gasteiger charge is -2.09. The second-order valence-electron chi connectivity index (χ2n) is 3.75. The third kappa shape index (κ3) is 2.34. The average Bonchev–Trinajstić information content (AvgIpc) is 2.67. The zero-order chi connectivity index (χ0) is 12.4. The molecule has 0 aliphatic rings. The molecule has 0 aliphatic heterocycles. The van der Waals surface area contributed by atoms with E-state index in [1.165, 1.54) is 0 Å². The first-order chi connectivity index (χ1) is 8.09. The highest BCUT2D eigenvalue weighted by molar-refractivity contribution is 7.80. The fourth-order valence-electron chi connectivity index (χ4n) is 1.65. The molecule has 0 saturated carbocycles. The third-order valence-corrected chi connectivity index (χ3v) is 2.83. The van der Waals surface area contributed by atoms with Crippen LogP contribution < -0.4 is 5.73 Å². The molecule has 3 nitrogen and oxygen atoms in total. The lowest BCUT2D eigenvalue weighted by Crippen LogP contribution is -2.14. The van der Waals surface area contributed by atoms with Crippen LogP contribution in [0.4, 0.5) is 4.39 Å². The van der Waals surface area contributed by atoms with Gasteiger partial charge in [-0.05, 0) is 13.0 Å². The van der Waals surface area contributed by atoms with Gasteiger partial charge in [-0.3, -0.25) is 0 Å². The van der Waals surface area contributed by atoms with Crippen molar-refractivity contribution in [1.29, 1.82) is 0 Å². The Hall–Kier alpha value is -1.75. The quantitative estimate of drug-likeness (QED) is 0.846. The third-order valence-electron chi connectivity index (χ3n) is 2.61. The van der Waals surface area contributed by atoms with Gasteiger partial charge >= 0.3 is 0 Å². The second-order valence-corrected chi connectivity index (χ2v) is 4.19. The minimum Gasteiger partial charge on any atom is -0.389 e. The van der Waals surface area contributed by atoms with Crippen LogP contribution in [0, 0.1) is 12.7 Å². The molecule has 0 aliphatic carbocycles. The Bertz CT molecular complexity index is 563. The van der Waals surface area contributed by atoms with Crippen LogP contribution in [-0.4, -0.2) is 14.5 Å². The van der Waals surface area contributed by atoms with Gasteiger partial charge in [0.2, 0.25) is 0 Å². The normalized spacial score (nSPS) is 10.5. The Morgan fingerprint density at radius 2 is 2.29 bits per heavy atom. The standard InChI is InChI=1S/C12H12FN3S/c1-8-15-5-6-16(8)7-9-3-2-4-10(11(9)13)12(14)17/h2-6H,7H2,1H3,(H2,14,17). The molecule has 0 atom stereocenters. The first kappa shape index (κ1) is 11.7. The van der Waals surface area contributed by atoms with Gasteiger partial charge in [-0.1, -0.05) is 24.4 Å². The summed E-state index contributed by atoms with van der Waals surface area (Å²) in [5, 5.41) is 0. The summed E-state index contributed by atoms with van der Waals surface area (Å²) in [7, 11) is 0. The van der Waals surface area contributed by atoms with Crippen LogP contribution in [0.3, 0.4) is 0 Å². The van der Waals surface area contributed by atoms with Gasteiger partial charge in [0.15, 0.2) is 0 Å². The van der Waals surface area contributed by atoms with E-state index >= 15 is 0 Å². The molecule has 0 unspecified atom stereocenters. The van der Waals surface area contributed by atoms with Crippen LogP contribution in [0.15, 0.2) is 30.6 Å². The van der Waals surface area contributed by atoms with Crippen LogP contribution in [0.2, 0.25) is 0 Å². The van der Waals surface area contributed by atoms with Gasteiger partial charge in [0.1, 0.15) is 16.6 Å². The molecule has 0 amide bonds. The Kier molecular flexibility index (Phi) is 3.19. The first-order valence-electron chi connectivity index (χ1n) is 5.14. The van der Waals surface area contributed by atoms with Crippen LogP contribution in [0.5, 0.6) is 0 Å². The van der Waals surface area contributed by atoms with Crippen molar-refractivity contribution in [2.24, 2.45) is 5.73 Å². The van der Waals surface area contributed by atoms with E-state index in [1.54, 1.807) is 24.4 Å². The van der Waals surface area contributed by atoms with E-state index in [-0.39, 0.29) is 16.4 Å². The summed E-state index contributed by atoms with van der Waals surface area (Å²) >= 11 is 4.80. The number of nitrogens with zero attached hydrogens (tertiary/aromatic N) is 2. The molecule has 1 aromatic heterocycles. The summed E-state index contributed by atoms with van der Waals surface area (Å²) in [5.41, 5.74) is 6.30. The van der Waals surface area contributed by atoms with Crippen LogP contribution >= 0.6 is 12.2 Å². The Morgan fingerprint density at radius 3 is 2.88 bits per heavy atom. The lowest BCUT2D eigenvalue weighted by molar-refractivity contribution is 0.595. The van der Waals surface area contributed by atoms with E-state index in [0.29, 0.717) is 12.1 Å². The minimum atomic E-state index is -0.354. The van der Waals surface area contributed by atoms with Gasteiger partial charge in [-0.15, -0.1) is 0 Å². The maximum absolute atomic E-state index is 14.0. The summed E-state index contributed by atoms with van der Waals surface area (Å²) in [4.78, 5) is 4.17. The van der Waals surface area contributed by atoms with Gasteiger partial charge in [-0.2, -0.15) is 0 Å². The number of aryl methyl sites for hydroxylation is 1. The number of halogens is 1. The zero-order valence-electron chi connectivity index (χ0n) is 9.35. The van der Waals surface area contributed by atoms with Crippen molar-refractivity contribution in [3.63, 3.8) is 0 Å². The minimum absolute atomic E-state index is 0.0757. The maximum atomic E-state index is 14.0. The summed E-state index contributed by atoms with van der Waals surface area (Å²) < 4.78 is 15.9. The van der Waals surface area contributed by atoms with E-state index in [4.69, 9.17) is 18.0 Å². The molecule has 88 valence electrons. The van der Waals surface area contributed by atoms with Crippen molar-refractivity contribution >= 4 is 17.2 Å². The molecule has 1 heterocycles. The highest BCUT2D eigenvalue weighted by Gasteiger charge is 2.10. The number of imidazole rings is 1. The molecular formula is C12H12FN3S. The molecule has 2 N–H and O–H groups in total. The van der Waals surface area contributed by atoms with E-state index in [9.17, 15) is 4.39 Å². The van der Waals surface area contributed by atoms with Crippen molar-refractivity contribution < 1.29 is 4.39 Å². The molecule has 0 bridgehead atoms. The van der Waals surface area contributed by atoms with Crippen LogP contribution in [0.25, 0.3) is 0 Å². The summed E-state index contributed by atoms with van der Waals surface area (Å²) in [6.07, 6.45) is 3.49. The molecule has 2 rings (SSSR count). The average molecular weight is 249 g/mol. The SMILES string of the molecule is Cc1nccn1Cc1cccc(C(N)=S)c1F. The molecule has 5 heteroatoms. The predicted octanol–water partition coefficient (Wildman–Crippen LogP) is 2.01. The number of aromatic nitrogens is 2. The Labute approximate surface area is 104 Å². The smallest absolute Gasteiger partial charge is 0.138 e. The summed E-state index contributed by atoms with van der Waals surface area (Å²) in [6.45, 7) is 2.30. The second kappa shape index (κ2) is 4.63. The molecule has 0 saturated heterocycles. The molecule has 0 fully saturated rings. The largest absolute Gasteiger partial charge is 0.389 e. The van der Waals surface area contributed by atoms with Gasteiger partial charge in [0, 0.05) is 23.5 Å². The van der Waals surface area contributed by atoms with E-state index in [1.807, 2.05) is 17.7 Å². The topological polar surface area (TPSA) is 43.8 Å². The van der Waals surface area contributed by atoms with E-state index in [2.05, 4.69) is 4.98 Å². The van der Waals surface area contributed by atoms with Crippen molar-refractivity contribution in [3.05, 3.63) is 53.4 Å². The number of thiocarbonyl (C=S) groups is 1. The highest BCUT2D eigenvalue weighted by atomic mass is 32.1. The number of hydrogen-bond acceptors (Lipinski definition) is 2. The summed E-state index contributed by atoms with van der Waals surface area (Å²) in [5.74, 6) is 0.484. The van der Waals surface area contributed by atoms with Crippen molar-refractivity contribution in [1.82, 2.24) is 9.55 Å². The molecule has 0 spiro atoms. The number of nitrogens with two attached hydrogens (primary N) is 1. The fraction of sp³-hybridized carbons (Fsp3) is 0.167. The fourth-order valence-corrected chi connectivity index (χ4v) is 1.80. The number of hydrogen-bond donors (Lipinski definition) is 1. The molecular weight excluding hydrogens is 237 g/mol. The monoisotopic (exact) mass is 249 g/mol. The van der Waals surface area contributed by atoms with Crippen molar-refractivity contribution in [3.8, 4) is 0 Å².